The Hall–Kier alpha value is -0.970. The highest BCUT2D eigenvalue weighted by molar-refractivity contribution is 6.30. The van der Waals surface area contributed by atoms with Gasteiger partial charge in [-0.2, -0.15) is 0 Å². The molecule has 2 fully saturated rings. The molecule has 1 saturated carbocycles. The monoisotopic (exact) mass is 454 g/mol. The Morgan fingerprint density at radius 3 is 2.21 bits per heavy atom. The molecule has 2 aromatic rings. The van der Waals surface area contributed by atoms with Crippen LogP contribution in [0.2, 0.25) is 5.02 Å². The molecule has 1 spiro atoms. The Morgan fingerprint density at radius 2 is 1.52 bits per heavy atom. The third kappa shape index (κ3) is 4.40. The van der Waals surface area contributed by atoms with Crippen LogP contribution in [0.1, 0.15) is 36.8 Å². The Morgan fingerprint density at radius 1 is 0.862 bits per heavy atom. The summed E-state index contributed by atoms with van der Waals surface area (Å²) in [5, 5.41) is 0.809. The Labute approximate surface area is 191 Å². The predicted octanol–water partition coefficient (Wildman–Crippen LogP) is 5.67. The van der Waals surface area contributed by atoms with Gasteiger partial charge in [0.2, 0.25) is 0 Å². The van der Waals surface area contributed by atoms with Crippen LogP contribution >= 0.6 is 36.4 Å². The minimum atomic E-state index is -0.00176. The van der Waals surface area contributed by atoms with E-state index in [2.05, 4.69) is 46.2 Å². The van der Waals surface area contributed by atoms with Gasteiger partial charge in [0.05, 0.1) is 12.2 Å². The molecule has 6 heteroatoms. The maximum absolute atomic E-state index is 6.33. The number of hydrogen-bond acceptors (Lipinski definition) is 3. The van der Waals surface area contributed by atoms with Gasteiger partial charge in [-0.25, -0.2) is 0 Å². The Bertz CT molecular complexity index is 798. The van der Waals surface area contributed by atoms with E-state index in [1.54, 1.807) is 0 Å². The van der Waals surface area contributed by atoms with Crippen LogP contribution in [0.15, 0.2) is 48.5 Å². The van der Waals surface area contributed by atoms with Gasteiger partial charge in [-0.15, -0.1) is 24.8 Å². The molecule has 0 N–H and O–H groups in total. The van der Waals surface area contributed by atoms with Crippen LogP contribution in [0.5, 0.6) is 0 Å². The van der Waals surface area contributed by atoms with E-state index in [0.717, 1.165) is 50.7 Å². The molecule has 1 saturated heterocycles. The summed E-state index contributed by atoms with van der Waals surface area (Å²) >= 11 is 6.02. The van der Waals surface area contributed by atoms with E-state index in [4.69, 9.17) is 16.3 Å². The lowest BCUT2D eigenvalue weighted by Gasteiger charge is -2.45. The SMILES string of the molecule is Cl.Cl.Clc1ccc(N2CCN(C3CCC4(CC3)OCc3ccccc34)CC2)cc1. The molecule has 0 amide bonds. The normalized spacial score (nSPS) is 26.5. The standard InChI is InChI=1S/C23H27ClN2O.2ClH/c24-19-5-7-20(8-6-19)25-13-15-26(16-14-25)21-9-11-23(12-10-21)22-4-2-1-3-18(22)17-27-23;;/h1-8,21H,9-17H2;2*1H. The van der Waals surface area contributed by atoms with Gasteiger partial charge in [0.1, 0.15) is 0 Å². The molecule has 3 aliphatic rings. The average molecular weight is 456 g/mol. The number of anilines is 1. The first kappa shape index (κ1) is 22.7. The summed E-state index contributed by atoms with van der Waals surface area (Å²) < 4.78 is 6.33. The summed E-state index contributed by atoms with van der Waals surface area (Å²) in [7, 11) is 0. The molecule has 2 aliphatic heterocycles. The number of piperazine rings is 1. The van der Waals surface area contributed by atoms with Gasteiger partial charge in [0, 0.05) is 42.9 Å². The summed E-state index contributed by atoms with van der Waals surface area (Å²) in [5.41, 5.74) is 4.14. The second-order valence-electron chi connectivity index (χ2n) is 8.17. The zero-order valence-corrected chi connectivity index (χ0v) is 18.9. The van der Waals surface area contributed by atoms with E-state index >= 15 is 0 Å². The third-order valence-corrected chi connectivity index (χ3v) is 7.05. The second kappa shape index (κ2) is 9.45. The van der Waals surface area contributed by atoms with Crippen molar-refractivity contribution < 1.29 is 4.74 Å². The molecular weight excluding hydrogens is 427 g/mol. The molecule has 0 unspecified atom stereocenters. The van der Waals surface area contributed by atoms with E-state index in [1.165, 1.54) is 29.7 Å². The van der Waals surface area contributed by atoms with Crippen LogP contribution in [0.3, 0.4) is 0 Å². The minimum absolute atomic E-state index is 0. The Kier molecular flexibility index (Phi) is 7.40. The first-order chi connectivity index (χ1) is 13.2. The number of fused-ring (bicyclic) bond motifs is 2. The lowest BCUT2D eigenvalue weighted by Crippen LogP contribution is -2.52. The molecule has 0 atom stereocenters. The molecule has 0 aromatic heterocycles. The number of halogens is 3. The minimum Gasteiger partial charge on any atom is -0.369 e. The van der Waals surface area contributed by atoms with E-state index in [1.807, 2.05) is 12.1 Å². The van der Waals surface area contributed by atoms with Gasteiger partial charge in [-0.05, 0) is 61.1 Å². The summed E-state index contributed by atoms with van der Waals surface area (Å²) in [4.78, 5) is 5.19. The van der Waals surface area contributed by atoms with Crippen molar-refractivity contribution in [3.8, 4) is 0 Å². The van der Waals surface area contributed by atoms with Crippen LogP contribution in [0, 0.1) is 0 Å². The van der Waals surface area contributed by atoms with Crippen molar-refractivity contribution in [1.29, 1.82) is 0 Å². The van der Waals surface area contributed by atoms with Gasteiger partial charge >= 0.3 is 0 Å². The zero-order valence-electron chi connectivity index (χ0n) is 16.6. The van der Waals surface area contributed by atoms with Crippen molar-refractivity contribution >= 4 is 42.1 Å². The number of ether oxygens (including phenoxy) is 1. The van der Waals surface area contributed by atoms with Gasteiger partial charge in [-0.3, -0.25) is 4.90 Å². The van der Waals surface area contributed by atoms with Crippen molar-refractivity contribution in [2.45, 2.75) is 43.9 Å². The van der Waals surface area contributed by atoms with Crippen molar-refractivity contribution in [1.82, 2.24) is 4.90 Å². The van der Waals surface area contributed by atoms with Crippen LogP contribution in [-0.2, 0) is 16.9 Å². The van der Waals surface area contributed by atoms with Crippen molar-refractivity contribution in [3.63, 3.8) is 0 Å². The molecule has 3 nitrogen and oxygen atoms in total. The highest BCUT2D eigenvalue weighted by atomic mass is 35.5. The molecule has 2 heterocycles. The largest absolute Gasteiger partial charge is 0.369 e. The van der Waals surface area contributed by atoms with Crippen molar-refractivity contribution in [2.24, 2.45) is 0 Å². The second-order valence-corrected chi connectivity index (χ2v) is 8.61. The Balaban J connectivity index is 0.00000120. The van der Waals surface area contributed by atoms with Crippen LogP contribution < -0.4 is 4.90 Å². The van der Waals surface area contributed by atoms with Gasteiger partial charge in [-0.1, -0.05) is 35.9 Å². The molecule has 1 aliphatic carbocycles. The van der Waals surface area contributed by atoms with Crippen LogP contribution in [0.25, 0.3) is 0 Å². The fourth-order valence-corrected chi connectivity index (χ4v) is 5.36. The topological polar surface area (TPSA) is 15.7 Å². The predicted molar refractivity (Wildman–Crippen MR) is 125 cm³/mol. The number of nitrogens with zero attached hydrogens (tertiary/aromatic N) is 2. The maximum atomic E-state index is 6.33. The molecule has 2 aromatic carbocycles. The third-order valence-electron chi connectivity index (χ3n) is 6.80. The van der Waals surface area contributed by atoms with Gasteiger partial charge < -0.3 is 9.64 Å². The number of hydrogen-bond donors (Lipinski definition) is 0. The summed E-state index contributed by atoms with van der Waals surface area (Å²) in [6, 6.07) is 17.8. The van der Waals surface area contributed by atoms with Crippen molar-refractivity contribution in [2.75, 3.05) is 31.1 Å². The number of rotatable bonds is 2. The first-order valence-electron chi connectivity index (χ1n) is 10.2. The molecular formula is C23H29Cl3N2O. The summed E-state index contributed by atoms with van der Waals surface area (Å²) in [5.74, 6) is 0. The molecule has 29 heavy (non-hydrogen) atoms. The van der Waals surface area contributed by atoms with E-state index in [-0.39, 0.29) is 30.4 Å². The van der Waals surface area contributed by atoms with E-state index < -0.39 is 0 Å². The van der Waals surface area contributed by atoms with E-state index in [0.29, 0.717) is 6.04 Å². The van der Waals surface area contributed by atoms with Crippen LogP contribution in [-0.4, -0.2) is 37.1 Å². The van der Waals surface area contributed by atoms with Gasteiger partial charge in [0.15, 0.2) is 0 Å². The zero-order chi connectivity index (χ0) is 18.3. The quantitative estimate of drug-likeness (QED) is 0.580. The fraction of sp³-hybridized carbons (Fsp3) is 0.478. The molecule has 0 radical (unpaired) electrons. The maximum Gasteiger partial charge on any atom is 0.0940 e. The van der Waals surface area contributed by atoms with Crippen LogP contribution in [0.4, 0.5) is 5.69 Å². The molecule has 158 valence electrons. The van der Waals surface area contributed by atoms with E-state index in [9.17, 15) is 0 Å². The number of benzene rings is 2. The van der Waals surface area contributed by atoms with Gasteiger partial charge in [0.25, 0.3) is 0 Å². The highest BCUT2D eigenvalue weighted by Crippen LogP contribution is 2.47. The molecule has 0 bridgehead atoms. The van der Waals surface area contributed by atoms with Crippen molar-refractivity contribution in [3.05, 3.63) is 64.7 Å². The summed E-state index contributed by atoms with van der Waals surface area (Å²) in [6.07, 6.45) is 4.81. The summed E-state index contributed by atoms with van der Waals surface area (Å²) in [6.45, 7) is 5.29. The fourth-order valence-electron chi connectivity index (χ4n) is 5.23. The lowest BCUT2D eigenvalue weighted by atomic mass is 9.77. The lowest BCUT2D eigenvalue weighted by molar-refractivity contribution is -0.0777. The first-order valence-corrected chi connectivity index (χ1v) is 10.6. The average Bonchev–Trinajstić information content (AvgIpc) is 3.08. The highest BCUT2D eigenvalue weighted by Gasteiger charge is 2.43. The molecule has 5 rings (SSSR count). The smallest absolute Gasteiger partial charge is 0.0940 e.